The van der Waals surface area contributed by atoms with Crippen LogP contribution >= 0.6 is 0 Å². The van der Waals surface area contributed by atoms with Crippen LogP contribution in [0.2, 0.25) is 0 Å². The lowest BCUT2D eigenvalue weighted by Crippen LogP contribution is -2.32. The monoisotopic (exact) mass is 189 g/mol. The van der Waals surface area contributed by atoms with Crippen LogP contribution in [0, 0.1) is 0 Å². The summed E-state index contributed by atoms with van der Waals surface area (Å²) in [6.07, 6.45) is 0.590. The summed E-state index contributed by atoms with van der Waals surface area (Å²) in [5, 5.41) is 11.8. The van der Waals surface area contributed by atoms with Crippen LogP contribution in [0.25, 0.3) is 0 Å². The normalized spacial score (nSPS) is 12.5. The predicted molar refractivity (Wildman–Crippen MR) is 50.4 cm³/mol. The Morgan fingerprint density at radius 3 is 2.77 bits per heavy atom. The van der Waals surface area contributed by atoms with Crippen molar-refractivity contribution in [2.45, 2.75) is 32.8 Å². The van der Waals surface area contributed by atoms with Crippen molar-refractivity contribution >= 4 is 5.91 Å². The van der Waals surface area contributed by atoms with Crippen molar-refractivity contribution in [3.8, 4) is 0 Å². The first-order chi connectivity index (χ1) is 6.20. The molecule has 4 heteroatoms. The van der Waals surface area contributed by atoms with Crippen LogP contribution in [0.1, 0.15) is 26.7 Å². The number of hydrogen-bond donors (Lipinski definition) is 2. The van der Waals surface area contributed by atoms with Gasteiger partial charge in [-0.05, 0) is 13.3 Å². The minimum atomic E-state index is -0.434. The molecule has 0 saturated heterocycles. The number of nitrogens with one attached hydrogen (secondary N) is 1. The van der Waals surface area contributed by atoms with E-state index in [0.29, 0.717) is 32.6 Å². The van der Waals surface area contributed by atoms with Crippen molar-refractivity contribution in [1.82, 2.24) is 5.32 Å². The minimum absolute atomic E-state index is 0.0686. The van der Waals surface area contributed by atoms with Crippen molar-refractivity contribution in [2.24, 2.45) is 0 Å². The molecule has 0 aromatic carbocycles. The van der Waals surface area contributed by atoms with Crippen LogP contribution < -0.4 is 5.32 Å². The molecule has 0 aromatic rings. The van der Waals surface area contributed by atoms with E-state index in [4.69, 9.17) is 9.84 Å². The van der Waals surface area contributed by atoms with Crippen LogP contribution in [0.5, 0.6) is 0 Å². The second kappa shape index (κ2) is 8.01. The molecule has 1 unspecified atom stereocenters. The lowest BCUT2D eigenvalue weighted by atomic mass is 10.3. The van der Waals surface area contributed by atoms with Crippen LogP contribution in [-0.4, -0.2) is 36.9 Å². The molecule has 0 bridgehead atoms. The zero-order valence-corrected chi connectivity index (χ0v) is 8.38. The Morgan fingerprint density at radius 2 is 2.23 bits per heavy atom. The molecule has 0 aliphatic carbocycles. The molecular weight excluding hydrogens is 170 g/mol. The van der Waals surface area contributed by atoms with E-state index in [-0.39, 0.29) is 5.91 Å². The second-order valence-electron chi connectivity index (χ2n) is 2.81. The van der Waals surface area contributed by atoms with E-state index in [9.17, 15) is 4.79 Å². The van der Waals surface area contributed by atoms with Crippen molar-refractivity contribution in [3.63, 3.8) is 0 Å². The topological polar surface area (TPSA) is 58.6 Å². The number of hydrogen-bond acceptors (Lipinski definition) is 3. The summed E-state index contributed by atoms with van der Waals surface area (Å²) in [5.74, 6) is -0.0686. The van der Waals surface area contributed by atoms with Gasteiger partial charge in [0.2, 0.25) is 5.91 Å². The van der Waals surface area contributed by atoms with Crippen molar-refractivity contribution in [2.75, 3.05) is 19.8 Å². The molecule has 0 spiro atoms. The lowest BCUT2D eigenvalue weighted by molar-refractivity contribution is -0.122. The molecule has 0 fully saturated rings. The maximum absolute atomic E-state index is 11.0. The summed E-state index contributed by atoms with van der Waals surface area (Å²) in [6.45, 7) is 5.17. The zero-order valence-electron chi connectivity index (χ0n) is 8.38. The highest BCUT2D eigenvalue weighted by Gasteiger charge is 2.04. The molecule has 4 nitrogen and oxygen atoms in total. The summed E-state index contributed by atoms with van der Waals surface area (Å²) in [5.41, 5.74) is 0. The molecule has 1 amide bonds. The number of rotatable bonds is 7. The first kappa shape index (κ1) is 12.4. The predicted octanol–water partition coefficient (Wildman–Crippen LogP) is 0.300. The second-order valence-corrected chi connectivity index (χ2v) is 2.81. The Hall–Kier alpha value is -0.610. The van der Waals surface area contributed by atoms with Crippen LogP contribution in [0.4, 0.5) is 0 Å². The molecule has 0 radical (unpaired) electrons. The van der Waals surface area contributed by atoms with Crippen molar-refractivity contribution < 1.29 is 14.6 Å². The van der Waals surface area contributed by atoms with Gasteiger partial charge >= 0.3 is 0 Å². The van der Waals surface area contributed by atoms with Gasteiger partial charge in [-0.3, -0.25) is 4.79 Å². The number of aliphatic hydroxyl groups excluding tert-OH is 1. The number of ether oxygens (including phenoxy) is 1. The van der Waals surface area contributed by atoms with Gasteiger partial charge in [0.25, 0.3) is 0 Å². The van der Waals surface area contributed by atoms with Gasteiger partial charge in [-0.25, -0.2) is 0 Å². The van der Waals surface area contributed by atoms with E-state index in [1.54, 1.807) is 0 Å². The molecule has 0 aliphatic heterocycles. The van der Waals surface area contributed by atoms with Gasteiger partial charge < -0.3 is 15.2 Å². The van der Waals surface area contributed by atoms with E-state index in [2.05, 4.69) is 5.32 Å². The Morgan fingerprint density at radius 1 is 1.54 bits per heavy atom. The summed E-state index contributed by atoms with van der Waals surface area (Å²) >= 11 is 0. The Balaban J connectivity index is 3.30. The van der Waals surface area contributed by atoms with E-state index in [1.807, 2.05) is 13.8 Å². The third-order valence-corrected chi connectivity index (χ3v) is 1.68. The quantitative estimate of drug-likeness (QED) is 0.566. The third kappa shape index (κ3) is 7.74. The maximum atomic E-state index is 11.0. The Bertz CT molecular complexity index is 139. The highest BCUT2D eigenvalue weighted by atomic mass is 16.5. The van der Waals surface area contributed by atoms with Crippen LogP contribution in [0.3, 0.4) is 0 Å². The maximum Gasteiger partial charge on any atom is 0.222 e. The summed E-state index contributed by atoms with van der Waals surface area (Å²) < 4.78 is 5.01. The van der Waals surface area contributed by atoms with Gasteiger partial charge in [-0.1, -0.05) is 6.92 Å². The number of carbonyl (C=O) groups is 1. The van der Waals surface area contributed by atoms with E-state index < -0.39 is 6.10 Å². The van der Waals surface area contributed by atoms with Gasteiger partial charge in [0.05, 0.1) is 12.7 Å². The summed E-state index contributed by atoms with van der Waals surface area (Å²) in [6, 6.07) is 0. The van der Waals surface area contributed by atoms with Gasteiger partial charge in [0.1, 0.15) is 0 Å². The van der Waals surface area contributed by atoms with Crippen molar-refractivity contribution in [3.05, 3.63) is 0 Å². The molecule has 0 rings (SSSR count). The SMILES string of the molecule is CCOCCC(=O)NCC(O)CC. The molecule has 1 atom stereocenters. The minimum Gasteiger partial charge on any atom is -0.391 e. The van der Waals surface area contributed by atoms with E-state index >= 15 is 0 Å². The van der Waals surface area contributed by atoms with Gasteiger partial charge in [0, 0.05) is 19.6 Å². The average Bonchev–Trinajstić information content (AvgIpc) is 2.14. The smallest absolute Gasteiger partial charge is 0.222 e. The summed E-state index contributed by atoms with van der Waals surface area (Å²) in [4.78, 5) is 11.0. The standard InChI is InChI=1S/C9H19NO3/c1-3-8(11)7-10-9(12)5-6-13-4-2/h8,11H,3-7H2,1-2H3,(H,10,12). The number of carbonyl (C=O) groups excluding carboxylic acids is 1. The molecule has 0 aromatic heterocycles. The fourth-order valence-corrected chi connectivity index (χ4v) is 0.774. The average molecular weight is 189 g/mol. The lowest BCUT2D eigenvalue weighted by Gasteiger charge is -2.09. The van der Waals surface area contributed by atoms with Gasteiger partial charge in [-0.2, -0.15) is 0 Å². The van der Waals surface area contributed by atoms with Crippen LogP contribution in [0.15, 0.2) is 0 Å². The van der Waals surface area contributed by atoms with Crippen LogP contribution in [-0.2, 0) is 9.53 Å². The van der Waals surface area contributed by atoms with E-state index in [1.165, 1.54) is 0 Å². The largest absolute Gasteiger partial charge is 0.391 e. The van der Waals surface area contributed by atoms with Gasteiger partial charge in [-0.15, -0.1) is 0 Å². The van der Waals surface area contributed by atoms with E-state index in [0.717, 1.165) is 0 Å². The molecule has 0 heterocycles. The Kier molecular flexibility index (Phi) is 7.63. The number of aliphatic hydroxyl groups is 1. The fourth-order valence-electron chi connectivity index (χ4n) is 0.774. The molecule has 2 N–H and O–H groups in total. The Labute approximate surface area is 79.3 Å². The molecule has 13 heavy (non-hydrogen) atoms. The third-order valence-electron chi connectivity index (χ3n) is 1.68. The highest BCUT2D eigenvalue weighted by Crippen LogP contribution is 1.88. The first-order valence-electron chi connectivity index (χ1n) is 4.73. The highest BCUT2D eigenvalue weighted by molar-refractivity contribution is 5.75. The van der Waals surface area contributed by atoms with Gasteiger partial charge in [0.15, 0.2) is 0 Å². The molecule has 0 aliphatic rings. The number of amides is 1. The first-order valence-corrected chi connectivity index (χ1v) is 4.73. The molecule has 0 saturated carbocycles. The van der Waals surface area contributed by atoms with Crippen molar-refractivity contribution in [1.29, 1.82) is 0 Å². The summed E-state index contributed by atoms with van der Waals surface area (Å²) in [7, 11) is 0. The molecule has 78 valence electrons. The molecular formula is C9H19NO3. The zero-order chi connectivity index (χ0) is 10.1. The fraction of sp³-hybridized carbons (Fsp3) is 0.889.